The molecule has 0 spiro atoms. The number of carbonyl (C=O) groups excluding carboxylic acids is 1. The number of anilines is 1. The van der Waals surface area contributed by atoms with Crippen molar-refractivity contribution in [3.05, 3.63) is 46.6 Å². The highest BCUT2D eigenvalue weighted by molar-refractivity contribution is 6.31. The van der Waals surface area contributed by atoms with Gasteiger partial charge in [-0.15, -0.1) is 5.10 Å². The van der Waals surface area contributed by atoms with Crippen LogP contribution in [0.2, 0.25) is 5.02 Å². The summed E-state index contributed by atoms with van der Waals surface area (Å²) in [6, 6.07) is 8.62. The van der Waals surface area contributed by atoms with Gasteiger partial charge in [0.25, 0.3) is 5.91 Å². The van der Waals surface area contributed by atoms with Gasteiger partial charge in [-0.3, -0.25) is 4.79 Å². The molecular weight excluding hydrogens is 304 g/mol. The molecule has 7 heteroatoms. The molecule has 2 rings (SSSR count). The Balaban J connectivity index is 1.85. The molecule has 1 heterocycles. The number of rotatable bonds is 6. The number of amides is 1. The maximum Gasteiger partial charge on any atom is 0.255 e. The molecule has 0 bridgehead atoms. The van der Waals surface area contributed by atoms with Crippen LogP contribution < -0.4 is 15.4 Å². The van der Waals surface area contributed by atoms with E-state index in [4.69, 9.17) is 16.3 Å². The van der Waals surface area contributed by atoms with Crippen LogP contribution in [0.4, 0.5) is 5.82 Å². The van der Waals surface area contributed by atoms with Crippen LogP contribution in [0.5, 0.6) is 5.75 Å². The molecule has 1 amide bonds. The average molecular weight is 321 g/mol. The third kappa shape index (κ3) is 4.33. The number of carbonyl (C=O) groups is 1. The average Bonchev–Trinajstić information content (AvgIpc) is 2.53. The first-order chi connectivity index (χ1) is 10.6. The number of ether oxygens (including phenoxy) is 1. The summed E-state index contributed by atoms with van der Waals surface area (Å²) in [6.07, 6.45) is 0. The van der Waals surface area contributed by atoms with Crippen molar-refractivity contribution in [2.75, 3.05) is 25.5 Å². The number of aromatic nitrogens is 2. The van der Waals surface area contributed by atoms with Crippen LogP contribution >= 0.6 is 11.6 Å². The molecule has 2 aromatic rings. The van der Waals surface area contributed by atoms with Crippen molar-refractivity contribution in [2.45, 2.75) is 6.92 Å². The minimum atomic E-state index is -0.240. The van der Waals surface area contributed by atoms with E-state index >= 15 is 0 Å². The lowest BCUT2D eigenvalue weighted by Gasteiger charge is -2.10. The fourth-order valence-electron chi connectivity index (χ4n) is 1.81. The van der Waals surface area contributed by atoms with Gasteiger partial charge in [-0.1, -0.05) is 11.6 Å². The maximum atomic E-state index is 12.1. The highest BCUT2D eigenvalue weighted by Gasteiger charge is 2.12. The predicted octanol–water partition coefficient (Wildman–Crippen LogP) is 2.29. The Morgan fingerprint density at radius 1 is 1.23 bits per heavy atom. The van der Waals surface area contributed by atoms with Gasteiger partial charge in [0.15, 0.2) is 0 Å². The van der Waals surface area contributed by atoms with E-state index in [9.17, 15) is 4.79 Å². The lowest BCUT2D eigenvalue weighted by atomic mass is 10.2. The van der Waals surface area contributed by atoms with Crippen molar-refractivity contribution >= 4 is 23.3 Å². The van der Waals surface area contributed by atoms with Crippen molar-refractivity contribution in [2.24, 2.45) is 0 Å². The number of hydrogen-bond donors (Lipinski definition) is 2. The third-order valence-electron chi connectivity index (χ3n) is 2.92. The highest BCUT2D eigenvalue weighted by Crippen LogP contribution is 2.22. The van der Waals surface area contributed by atoms with Crippen LogP contribution in [0.25, 0.3) is 0 Å². The molecular formula is C15H17ClN4O2. The van der Waals surface area contributed by atoms with Gasteiger partial charge in [-0.2, -0.15) is 5.10 Å². The zero-order valence-corrected chi connectivity index (χ0v) is 13.1. The Hall–Kier alpha value is -2.34. The number of hydrogen-bond acceptors (Lipinski definition) is 5. The van der Waals surface area contributed by atoms with Gasteiger partial charge in [0.05, 0.1) is 18.4 Å². The van der Waals surface area contributed by atoms with E-state index < -0.39 is 0 Å². The highest BCUT2D eigenvalue weighted by atomic mass is 35.5. The van der Waals surface area contributed by atoms with Crippen molar-refractivity contribution in [1.82, 2.24) is 15.5 Å². The fourth-order valence-corrected chi connectivity index (χ4v) is 1.98. The van der Waals surface area contributed by atoms with E-state index in [1.807, 2.05) is 19.1 Å². The normalized spacial score (nSPS) is 10.1. The molecule has 0 fully saturated rings. The standard InChI is InChI=1S/C15H17ClN4O2/c1-10-3-6-14(20-19-10)17-7-8-18-15(21)12-9-11(16)4-5-13(12)22-2/h3-6,9H,7-8H2,1-2H3,(H,17,20)(H,18,21). The van der Waals surface area contributed by atoms with Crippen LogP contribution in [0.3, 0.4) is 0 Å². The molecule has 2 N–H and O–H groups in total. The summed E-state index contributed by atoms with van der Waals surface area (Å²) in [5, 5.41) is 14.3. The fraction of sp³-hybridized carbons (Fsp3) is 0.267. The zero-order chi connectivity index (χ0) is 15.9. The number of nitrogens with zero attached hydrogens (tertiary/aromatic N) is 2. The monoisotopic (exact) mass is 320 g/mol. The predicted molar refractivity (Wildman–Crippen MR) is 85.6 cm³/mol. The molecule has 1 aromatic heterocycles. The Labute approximate surface area is 133 Å². The first kappa shape index (κ1) is 16.0. The van der Waals surface area contributed by atoms with Crippen molar-refractivity contribution in [1.29, 1.82) is 0 Å². The second kappa shape index (κ2) is 7.61. The van der Waals surface area contributed by atoms with Crippen LogP contribution in [0, 0.1) is 6.92 Å². The Bertz CT molecular complexity index is 646. The van der Waals surface area contributed by atoms with Gasteiger partial charge in [0, 0.05) is 18.1 Å². The molecule has 0 aliphatic rings. The number of methoxy groups -OCH3 is 1. The summed E-state index contributed by atoms with van der Waals surface area (Å²) in [6.45, 7) is 2.84. The van der Waals surface area contributed by atoms with E-state index in [-0.39, 0.29) is 5.91 Å². The molecule has 0 aliphatic carbocycles. The van der Waals surface area contributed by atoms with Gasteiger partial charge in [0.1, 0.15) is 11.6 Å². The zero-order valence-electron chi connectivity index (χ0n) is 12.4. The molecule has 6 nitrogen and oxygen atoms in total. The number of nitrogens with one attached hydrogen (secondary N) is 2. The first-order valence-corrected chi connectivity index (χ1v) is 7.14. The van der Waals surface area contributed by atoms with Gasteiger partial charge < -0.3 is 15.4 Å². The molecule has 1 aromatic carbocycles. The molecule has 0 aliphatic heterocycles. The SMILES string of the molecule is COc1ccc(Cl)cc1C(=O)NCCNc1ccc(C)nn1. The maximum absolute atomic E-state index is 12.1. The molecule has 0 radical (unpaired) electrons. The molecule has 22 heavy (non-hydrogen) atoms. The van der Waals surface area contributed by atoms with Crippen molar-refractivity contribution in [3.8, 4) is 5.75 Å². The second-order valence-corrected chi connectivity index (χ2v) is 5.02. The summed E-state index contributed by atoms with van der Waals surface area (Å²) in [7, 11) is 1.51. The van der Waals surface area contributed by atoms with Crippen molar-refractivity contribution < 1.29 is 9.53 Å². The van der Waals surface area contributed by atoms with Crippen LogP contribution in [-0.2, 0) is 0 Å². The second-order valence-electron chi connectivity index (χ2n) is 4.59. The van der Waals surface area contributed by atoms with Gasteiger partial charge in [0.2, 0.25) is 0 Å². The summed E-state index contributed by atoms with van der Waals surface area (Å²) < 4.78 is 5.15. The third-order valence-corrected chi connectivity index (χ3v) is 3.16. The Kier molecular flexibility index (Phi) is 5.55. The smallest absolute Gasteiger partial charge is 0.255 e. The summed E-state index contributed by atoms with van der Waals surface area (Å²) >= 11 is 5.91. The van der Waals surface area contributed by atoms with Gasteiger partial charge in [-0.05, 0) is 37.3 Å². The Morgan fingerprint density at radius 2 is 2.05 bits per heavy atom. The van der Waals surface area contributed by atoms with E-state index in [1.165, 1.54) is 7.11 Å². The number of benzene rings is 1. The van der Waals surface area contributed by atoms with Gasteiger partial charge in [-0.25, -0.2) is 0 Å². The van der Waals surface area contributed by atoms with E-state index in [1.54, 1.807) is 18.2 Å². The van der Waals surface area contributed by atoms with E-state index in [2.05, 4.69) is 20.8 Å². The quantitative estimate of drug-likeness (QED) is 0.799. The molecule has 0 atom stereocenters. The number of halogens is 1. The van der Waals surface area contributed by atoms with Crippen molar-refractivity contribution in [3.63, 3.8) is 0 Å². The number of aryl methyl sites for hydroxylation is 1. The van der Waals surface area contributed by atoms with Gasteiger partial charge >= 0.3 is 0 Å². The summed E-state index contributed by atoms with van der Waals surface area (Å²) in [5.41, 5.74) is 1.26. The van der Waals surface area contributed by atoms with Crippen LogP contribution in [0.15, 0.2) is 30.3 Å². The molecule has 0 unspecified atom stereocenters. The lowest BCUT2D eigenvalue weighted by Crippen LogP contribution is -2.29. The molecule has 116 valence electrons. The minimum Gasteiger partial charge on any atom is -0.496 e. The van der Waals surface area contributed by atoms with E-state index in [0.29, 0.717) is 35.2 Å². The summed E-state index contributed by atoms with van der Waals surface area (Å²) in [4.78, 5) is 12.1. The summed E-state index contributed by atoms with van der Waals surface area (Å²) in [5.74, 6) is 0.913. The topological polar surface area (TPSA) is 76.1 Å². The first-order valence-electron chi connectivity index (χ1n) is 6.76. The lowest BCUT2D eigenvalue weighted by molar-refractivity contribution is 0.0952. The van der Waals surface area contributed by atoms with E-state index in [0.717, 1.165) is 5.69 Å². The van der Waals surface area contributed by atoms with Crippen LogP contribution in [0.1, 0.15) is 16.1 Å². The minimum absolute atomic E-state index is 0.240. The van der Waals surface area contributed by atoms with Crippen LogP contribution in [-0.4, -0.2) is 36.3 Å². The Morgan fingerprint density at radius 3 is 2.73 bits per heavy atom. The molecule has 0 saturated carbocycles. The molecule has 0 saturated heterocycles. The largest absolute Gasteiger partial charge is 0.496 e.